The molecule has 2 rings (SSSR count). The van der Waals surface area contributed by atoms with Gasteiger partial charge in [0.05, 0.1) is 18.1 Å². The second-order valence-electron chi connectivity index (χ2n) is 5.25. The molecule has 0 aliphatic carbocycles. The van der Waals surface area contributed by atoms with Crippen molar-refractivity contribution in [1.82, 2.24) is 4.90 Å². The van der Waals surface area contributed by atoms with E-state index in [1.807, 2.05) is 0 Å². The molecule has 2 heterocycles. The van der Waals surface area contributed by atoms with E-state index in [0.717, 1.165) is 25.9 Å². The molecule has 0 spiro atoms. The first kappa shape index (κ1) is 11.9. The second-order valence-corrected chi connectivity index (χ2v) is 5.25. The molecule has 92 valence electrons. The minimum Gasteiger partial charge on any atom is -0.388 e. The van der Waals surface area contributed by atoms with E-state index in [1.54, 1.807) is 11.8 Å². The summed E-state index contributed by atoms with van der Waals surface area (Å²) in [6, 6.07) is 0. The number of hydrogen-bond donors (Lipinski definition) is 1. The van der Waals surface area contributed by atoms with Crippen molar-refractivity contribution >= 4 is 5.91 Å². The smallest absolute Gasteiger partial charge is 0.225 e. The van der Waals surface area contributed by atoms with Gasteiger partial charge in [0.2, 0.25) is 5.91 Å². The Hall–Kier alpha value is -0.610. The lowest BCUT2D eigenvalue weighted by atomic mass is 10.1. The topological polar surface area (TPSA) is 49.8 Å². The van der Waals surface area contributed by atoms with Crippen LogP contribution in [0.4, 0.5) is 0 Å². The molecule has 0 bridgehead atoms. The van der Waals surface area contributed by atoms with Gasteiger partial charge in [-0.1, -0.05) is 0 Å². The zero-order valence-electron chi connectivity index (χ0n) is 9.95. The first-order valence-electron chi connectivity index (χ1n) is 6.19. The number of ether oxygens (including phenoxy) is 1. The number of nitrogens with zero attached hydrogens (tertiary/aromatic N) is 1. The number of carbonyl (C=O) groups excluding carboxylic acids is 1. The van der Waals surface area contributed by atoms with Crippen molar-refractivity contribution in [2.24, 2.45) is 0 Å². The van der Waals surface area contributed by atoms with Crippen LogP contribution < -0.4 is 0 Å². The Kier molecular flexibility index (Phi) is 3.50. The van der Waals surface area contributed by atoms with Crippen molar-refractivity contribution in [1.29, 1.82) is 0 Å². The van der Waals surface area contributed by atoms with Crippen LogP contribution in [0.2, 0.25) is 0 Å². The van der Waals surface area contributed by atoms with E-state index >= 15 is 0 Å². The largest absolute Gasteiger partial charge is 0.388 e. The number of aliphatic hydroxyl groups is 1. The van der Waals surface area contributed by atoms with Gasteiger partial charge in [-0.05, 0) is 32.6 Å². The van der Waals surface area contributed by atoms with Gasteiger partial charge >= 0.3 is 0 Å². The molecular weight excluding hydrogens is 206 g/mol. The number of likely N-dealkylation sites (tertiary alicyclic amines) is 1. The fourth-order valence-electron chi connectivity index (χ4n) is 2.45. The molecule has 0 aromatic carbocycles. The van der Waals surface area contributed by atoms with Crippen LogP contribution in [0.1, 0.15) is 39.0 Å². The minimum atomic E-state index is -0.691. The van der Waals surface area contributed by atoms with Crippen LogP contribution in [-0.4, -0.2) is 47.3 Å². The zero-order chi connectivity index (χ0) is 11.6. The van der Waals surface area contributed by atoms with Gasteiger partial charge in [-0.3, -0.25) is 4.79 Å². The molecule has 2 fully saturated rings. The van der Waals surface area contributed by atoms with Crippen molar-refractivity contribution in [2.45, 2.75) is 50.7 Å². The first-order chi connectivity index (χ1) is 7.57. The molecule has 0 radical (unpaired) electrons. The Morgan fingerprint density at radius 1 is 1.56 bits per heavy atom. The van der Waals surface area contributed by atoms with E-state index in [4.69, 9.17) is 4.74 Å². The molecule has 0 aromatic heterocycles. The molecule has 2 atom stereocenters. The molecule has 0 aromatic rings. The molecule has 2 aliphatic rings. The average Bonchev–Trinajstić information content (AvgIpc) is 2.60. The van der Waals surface area contributed by atoms with Crippen molar-refractivity contribution in [3.8, 4) is 0 Å². The van der Waals surface area contributed by atoms with E-state index in [1.165, 1.54) is 0 Å². The molecule has 16 heavy (non-hydrogen) atoms. The van der Waals surface area contributed by atoms with Gasteiger partial charge in [0, 0.05) is 19.7 Å². The Morgan fingerprint density at radius 3 is 2.94 bits per heavy atom. The van der Waals surface area contributed by atoms with Gasteiger partial charge < -0.3 is 14.7 Å². The van der Waals surface area contributed by atoms with Crippen molar-refractivity contribution in [3.05, 3.63) is 0 Å². The summed E-state index contributed by atoms with van der Waals surface area (Å²) in [5.74, 6) is 0.129. The van der Waals surface area contributed by atoms with Gasteiger partial charge in [0.1, 0.15) is 0 Å². The minimum absolute atomic E-state index is 0.104. The summed E-state index contributed by atoms with van der Waals surface area (Å²) >= 11 is 0. The van der Waals surface area contributed by atoms with Gasteiger partial charge in [0.25, 0.3) is 0 Å². The van der Waals surface area contributed by atoms with Crippen LogP contribution in [-0.2, 0) is 9.53 Å². The van der Waals surface area contributed by atoms with Crippen LogP contribution in [0.3, 0.4) is 0 Å². The highest BCUT2D eigenvalue weighted by Gasteiger charge is 2.34. The highest BCUT2D eigenvalue weighted by Crippen LogP contribution is 2.23. The summed E-state index contributed by atoms with van der Waals surface area (Å²) in [5, 5.41) is 9.79. The Labute approximate surface area is 96.6 Å². The maximum absolute atomic E-state index is 11.9. The number of hydrogen-bond acceptors (Lipinski definition) is 3. The normalized spacial score (nSPS) is 35.4. The van der Waals surface area contributed by atoms with Gasteiger partial charge in [-0.15, -0.1) is 0 Å². The van der Waals surface area contributed by atoms with E-state index in [9.17, 15) is 9.90 Å². The lowest BCUT2D eigenvalue weighted by Gasteiger charge is -2.25. The summed E-state index contributed by atoms with van der Waals surface area (Å²) in [5.41, 5.74) is -0.691. The number of carbonyl (C=O) groups is 1. The van der Waals surface area contributed by atoms with E-state index < -0.39 is 5.60 Å². The fourth-order valence-corrected chi connectivity index (χ4v) is 2.45. The predicted octanol–water partition coefficient (Wildman–Crippen LogP) is 0.929. The molecule has 0 saturated carbocycles. The molecule has 1 N–H and O–H groups in total. The first-order valence-corrected chi connectivity index (χ1v) is 6.19. The summed E-state index contributed by atoms with van der Waals surface area (Å²) < 4.78 is 5.55. The third-order valence-corrected chi connectivity index (χ3v) is 3.48. The number of amides is 1. The predicted molar refractivity (Wildman–Crippen MR) is 60.0 cm³/mol. The van der Waals surface area contributed by atoms with Crippen LogP contribution in [0, 0.1) is 0 Å². The zero-order valence-corrected chi connectivity index (χ0v) is 9.95. The summed E-state index contributed by atoms with van der Waals surface area (Å²) in [4.78, 5) is 13.7. The van der Waals surface area contributed by atoms with Crippen LogP contribution in [0.15, 0.2) is 0 Å². The molecule has 2 unspecified atom stereocenters. The summed E-state index contributed by atoms with van der Waals surface area (Å²) in [6.07, 6.45) is 4.54. The van der Waals surface area contributed by atoms with Gasteiger partial charge in [-0.2, -0.15) is 0 Å². The summed E-state index contributed by atoms with van der Waals surface area (Å²) in [6.45, 7) is 3.73. The third kappa shape index (κ3) is 2.95. The quantitative estimate of drug-likeness (QED) is 0.763. The van der Waals surface area contributed by atoms with Crippen LogP contribution in [0.25, 0.3) is 0 Å². The van der Waals surface area contributed by atoms with E-state index in [0.29, 0.717) is 25.9 Å². The average molecular weight is 227 g/mol. The maximum Gasteiger partial charge on any atom is 0.225 e. The van der Waals surface area contributed by atoms with Crippen molar-refractivity contribution in [3.63, 3.8) is 0 Å². The Balaban J connectivity index is 1.79. The van der Waals surface area contributed by atoms with Crippen molar-refractivity contribution < 1.29 is 14.6 Å². The molecular formula is C12H21NO3. The molecule has 2 aliphatic heterocycles. The Morgan fingerprint density at radius 2 is 2.38 bits per heavy atom. The van der Waals surface area contributed by atoms with Crippen LogP contribution >= 0.6 is 0 Å². The summed E-state index contributed by atoms with van der Waals surface area (Å²) in [7, 11) is 0. The van der Waals surface area contributed by atoms with E-state index in [2.05, 4.69) is 0 Å². The maximum atomic E-state index is 11.9. The standard InChI is InChI=1S/C12H21NO3/c1-12(15)5-6-13(9-12)11(14)8-10-4-2-3-7-16-10/h10,15H,2-9H2,1H3. The monoisotopic (exact) mass is 227 g/mol. The van der Waals surface area contributed by atoms with Crippen molar-refractivity contribution in [2.75, 3.05) is 19.7 Å². The van der Waals surface area contributed by atoms with Gasteiger partial charge in [-0.25, -0.2) is 0 Å². The lowest BCUT2D eigenvalue weighted by molar-refractivity contribution is -0.134. The van der Waals surface area contributed by atoms with E-state index in [-0.39, 0.29) is 12.0 Å². The fraction of sp³-hybridized carbons (Fsp3) is 0.917. The molecule has 4 nitrogen and oxygen atoms in total. The Bertz CT molecular complexity index is 259. The highest BCUT2D eigenvalue weighted by molar-refractivity contribution is 5.77. The molecule has 1 amide bonds. The number of rotatable bonds is 2. The highest BCUT2D eigenvalue weighted by atomic mass is 16.5. The van der Waals surface area contributed by atoms with Crippen LogP contribution in [0.5, 0.6) is 0 Å². The second kappa shape index (κ2) is 4.72. The lowest BCUT2D eigenvalue weighted by Crippen LogP contribution is -2.36. The molecule has 4 heteroatoms. The number of β-amino-alcohol motifs (C(OH)–C–C–N with tert-alkyl or cyclic N) is 1. The SMILES string of the molecule is CC1(O)CCN(C(=O)CC2CCCCO2)C1. The molecule has 2 saturated heterocycles. The van der Waals surface area contributed by atoms with Gasteiger partial charge in [0.15, 0.2) is 0 Å². The third-order valence-electron chi connectivity index (χ3n) is 3.48.